The standard InChI is InChI=1S/C13H11NS/c1-8-3-4-12-11(7-8)10-5-6-15-13(10)9(2)14-12/h3-7,14H,2H2,1H3. The van der Waals surface area contributed by atoms with Crippen molar-refractivity contribution in [3.63, 3.8) is 0 Å². The molecule has 1 aliphatic heterocycles. The van der Waals surface area contributed by atoms with Crippen molar-refractivity contribution in [3.05, 3.63) is 46.7 Å². The van der Waals surface area contributed by atoms with Crippen LogP contribution in [0.4, 0.5) is 5.69 Å². The minimum Gasteiger partial charge on any atom is -0.354 e. The highest BCUT2D eigenvalue weighted by Crippen LogP contribution is 2.42. The van der Waals surface area contributed by atoms with Crippen molar-refractivity contribution in [1.82, 2.24) is 0 Å². The third-order valence-corrected chi connectivity index (χ3v) is 3.66. The third-order valence-electron chi connectivity index (χ3n) is 2.69. The Morgan fingerprint density at radius 1 is 1.20 bits per heavy atom. The molecule has 74 valence electrons. The van der Waals surface area contributed by atoms with Gasteiger partial charge in [-0.25, -0.2) is 0 Å². The zero-order valence-corrected chi connectivity index (χ0v) is 9.32. The number of aryl methyl sites for hydroxylation is 1. The maximum Gasteiger partial charge on any atom is 0.0578 e. The van der Waals surface area contributed by atoms with E-state index in [1.807, 2.05) is 0 Å². The fraction of sp³-hybridized carbons (Fsp3) is 0.0769. The van der Waals surface area contributed by atoms with Crippen molar-refractivity contribution < 1.29 is 0 Å². The maximum atomic E-state index is 4.05. The molecular formula is C13H11NS. The molecule has 0 atom stereocenters. The van der Waals surface area contributed by atoms with Gasteiger partial charge in [-0.1, -0.05) is 18.2 Å². The molecule has 2 heterocycles. The minimum atomic E-state index is 1.01. The first-order chi connectivity index (χ1) is 7.25. The molecule has 0 aliphatic carbocycles. The number of hydrogen-bond donors (Lipinski definition) is 1. The second-order valence-electron chi connectivity index (χ2n) is 3.82. The van der Waals surface area contributed by atoms with Crippen LogP contribution >= 0.6 is 11.3 Å². The molecular weight excluding hydrogens is 202 g/mol. The van der Waals surface area contributed by atoms with Gasteiger partial charge in [0.15, 0.2) is 0 Å². The molecule has 0 amide bonds. The first-order valence-corrected chi connectivity index (χ1v) is 5.78. The van der Waals surface area contributed by atoms with Gasteiger partial charge in [0, 0.05) is 22.5 Å². The molecule has 0 bridgehead atoms. The molecule has 1 aliphatic rings. The van der Waals surface area contributed by atoms with Crippen LogP contribution in [0.25, 0.3) is 16.8 Å². The fourth-order valence-corrected chi connectivity index (χ4v) is 2.80. The Hall–Kier alpha value is -1.54. The van der Waals surface area contributed by atoms with Crippen LogP contribution in [0.2, 0.25) is 0 Å². The first-order valence-electron chi connectivity index (χ1n) is 4.90. The van der Waals surface area contributed by atoms with Crippen LogP contribution in [-0.4, -0.2) is 0 Å². The summed E-state index contributed by atoms with van der Waals surface area (Å²) in [5.74, 6) is 0. The molecule has 0 spiro atoms. The Morgan fingerprint density at radius 3 is 2.93 bits per heavy atom. The van der Waals surface area contributed by atoms with Gasteiger partial charge in [-0.05, 0) is 30.5 Å². The van der Waals surface area contributed by atoms with Crippen molar-refractivity contribution in [2.45, 2.75) is 6.92 Å². The van der Waals surface area contributed by atoms with Crippen molar-refractivity contribution in [3.8, 4) is 11.1 Å². The minimum absolute atomic E-state index is 1.01. The summed E-state index contributed by atoms with van der Waals surface area (Å²) < 4.78 is 0. The van der Waals surface area contributed by atoms with Crippen LogP contribution in [0, 0.1) is 6.92 Å². The number of nitrogens with one attached hydrogen (secondary N) is 1. The predicted molar refractivity (Wildman–Crippen MR) is 67.1 cm³/mol. The van der Waals surface area contributed by atoms with E-state index in [1.165, 1.54) is 21.6 Å². The summed E-state index contributed by atoms with van der Waals surface area (Å²) in [6, 6.07) is 8.64. The van der Waals surface area contributed by atoms with E-state index < -0.39 is 0 Å². The third kappa shape index (κ3) is 1.22. The van der Waals surface area contributed by atoms with Crippen molar-refractivity contribution in [2.75, 3.05) is 5.32 Å². The highest BCUT2D eigenvalue weighted by molar-refractivity contribution is 7.11. The lowest BCUT2D eigenvalue weighted by Gasteiger charge is -2.20. The number of benzene rings is 1. The quantitative estimate of drug-likeness (QED) is 0.694. The average molecular weight is 213 g/mol. The lowest BCUT2D eigenvalue weighted by atomic mass is 9.98. The van der Waals surface area contributed by atoms with Crippen molar-refractivity contribution in [2.24, 2.45) is 0 Å². The summed E-state index contributed by atoms with van der Waals surface area (Å²) >= 11 is 1.74. The Bertz CT molecular complexity index is 551. The van der Waals surface area contributed by atoms with Gasteiger partial charge in [0.1, 0.15) is 0 Å². The van der Waals surface area contributed by atoms with Crippen molar-refractivity contribution in [1.29, 1.82) is 0 Å². The normalized spacial score (nSPS) is 13.0. The van der Waals surface area contributed by atoms with Gasteiger partial charge in [0.25, 0.3) is 0 Å². The van der Waals surface area contributed by atoms with Gasteiger partial charge in [0.2, 0.25) is 0 Å². The molecule has 2 aromatic rings. The molecule has 1 aromatic heterocycles. The van der Waals surface area contributed by atoms with Gasteiger partial charge in [-0.2, -0.15) is 0 Å². The SMILES string of the molecule is C=C1Nc2ccc(C)cc2-c2ccsc21. The van der Waals surface area contributed by atoms with Gasteiger partial charge in [-0.15, -0.1) is 11.3 Å². The van der Waals surface area contributed by atoms with E-state index in [-0.39, 0.29) is 0 Å². The van der Waals surface area contributed by atoms with Crippen LogP contribution in [0.1, 0.15) is 10.4 Å². The van der Waals surface area contributed by atoms with Gasteiger partial charge in [-0.3, -0.25) is 0 Å². The molecule has 0 fully saturated rings. The van der Waals surface area contributed by atoms with Gasteiger partial charge < -0.3 is 5.32 Å². The smallest absolute Gasteiger partial charge is 0.0578 e. The molecule has 15 heavy (non-hydrogen) atoms. The zero-order valence-electron chi connectivity index (χ0n) is 8.50. The molecule has 1 N–H and O–H groups in total. The highest BCUT2D eigenvalue weighted by atomic mass is 32.1. The fourth-order valence-electron chi connectivity index (χ4n) is 1.96. The number of fused-ring (bicyclic) bond motifs is 3. The van der Waals surface area contributed by atoms with E-state index in [2.05, 4.69) is 48.5 Å². The Balaban J connectivity index is 2.33. The summed E-state index contributed by atoms with van der Waals surface area (Å²) in [6.45, 7) is 6.17. The maximum absolute atomic E-state index is 4.05. The van der Waals surface area contributed by atoms with E-state index in [0.717, 1.165) is 11.4 Å². The monoisotopic (exact) mass is 213 g/mol. The Kier molecular flexibility index (Phi) is 1.73. The second-order valence-corrected chi connectivity index (χ2v) is 4.73. The molecule has 0 saturated carbocycles. The lowest BCUT2D eigenvalue weighted by molar-refractivity contribution is 1.44. The van der Waals surface area contributed by atoms with Crippen LogP contribution in [0.15, 0.2) is 36.2 Å². The summed E-state index contributed by atoms with van der Waals surface area (Å²) in [7, 11) is 0. The predicted octanol–water partition coefficient (Wildman–Crippen LogP) is 4.12. The first kappa shape index (κ1) is 8.74. The molecule has 1 nitrogen and oxygen atoms in total. The van der Waals surface area contributed by atoms with Crippen LogP contribution in [0.5, 0.6) is 0 Å². The van der Waals surface area contributed by atoms with E-state index in [1.54, 1.807) is 11.3 Å². The second kappa shape index (κ2) is 2.97. The molecule has 2 heteroatoms. The Morgan fingerprint density at radius 2 is 2.07 bits per heavy atom. The molecule has 1 aromatic carbocycles. The van der Waals surface area contributed by atoms with Crippen molar-refractivity contribution >= 4 is 22.7 Å². The zero-order chi connectivity index (χ0) is 10.4. The van der Waals surface area contributed by atoms with Crippen LogP contribution < -0.4 is 5.32 Å². The lowest BCUT2D eigenvalue weighted by Crippen LogP contribution is -2.04. The largest absolute Gasteiger partial charge is 0.354 e. The summed E-state index contributed by atoms with van der Waals surface area (Å²) in [4.78, 5) is 1.26. The van der Waals surface area contributed by atoms with E-state index in [0.29, 0.717) is 0 Å². The molecule has 0 radical (unpaired) electrons. The van der Waals surface area contributed by atoms with Crippen LogP contribution in [-0.2, 0) is 0 Å². The molecule has 3 rings (SSSR count). The summed E-state index contributed by atoms with van der Waals surface area (Å²) in [5.41, 5.74) is 6.06. The van der Waals surface area contributed by atoms with Crippen LogP contribution in [0.3, 0.4) is 0 Å². The van der Waals surface area contributed by atoms with Gasteiger partial charge >= 0.3 is 0 Å². The average Bonchev–Trinajstić information content (AvgIpc) is 2.69. The highest BCUT2D eigenvalue weighted by Gasteiger charge is 2.18. The molecule has 0 unspecified atom stereocenters. The molecule has 0 saturated heterocycles. The van der Waals surface area contributed by atoms with E-state index in [9.17, 15) is 0 Å². The summed E-state index contributed by atoms with van der Waals surface area (Å²) in [5, 5.41) is 5.47. The number of thiophene rings is 1. The van der Waals surface area contributed by atoms with E-state index in [4.69, 9.17) is 0 Å². The van der Waals surface area contributed by atoms with Gasteiger partial charge in [0.05, 0.1) is 4.88 Å². The van der Waals surface area contributed by atoms with E-state index >= 15 is 0 Å². The topological polar surface area (TPSA) is 12.0 Å². The number of hydrogen-bond acceptors (Lipinski definition) is 2. The number of anilines is 1. The number of rotatable bonds is 0. The Labute approximate surface area is 93.1 Å². The summed E-state index contributed by atoms with van der Waals surface area (Å²) in [6.07, 6.45) is 0.